The number of hydrogen-bond donors (Lipinski definition) is 1. The van der Waals surface area contributed by atoms with Gasteiger partial charge < -0.3 is 5.11 Å². The number of hydrogen-bond acceptors (Lipinski definition) is 2. The van der Waals surface area contributed by atoms with Crippen LogP contribution in [0.2, 0.25) is 5.02 Å². The van der Waals surface area contributed by atoms with Crippen LogP contribution < -0.4 is 0 Å². The molecule has 0 radical (unpaired) electrons. The average Bonchev–Trinajstić information content (AvgIpc) is 2.33. The molecule has 1 unspecified atom stereocenters. The fraction of sp³-hybridized carbons (Fsp3) is 0.0833. The molecule has 0 amide bonds. The predicted octanol–water partition coefficient (Wildman–Crippen LogP) is 2.96. The third kappa shape index (κ3) is 2.21. The van der Waals surface area contributed by atoms with Gasteiger partial charge in [0.2, 0.25) is 0 Å². The highest BCUT2D eigenvalue weighted by Crippen LogP contribution is 2.23. The van der Waals surface area contributed by atoms with E-state index in [0.29, 0.717) is 11.3 Å². The van der Waals surface area contributed by atoms with Gasteiger partial charge in [-0.3, -0.25) is 4.98 Å². The van der Waals surface area contributed by atoms with Crippen LogP contribution in [0, 0.1) is 5.82 Å². The molecular weight excluding hydrogens is 229 g/mol. The van der Waals surface area contributed by atoms with Gasteiger partial charge in [-0.2, -0.15) is 0 Å². The number of rotatable bonds is 2. The van der Waals surface area contributed by atoms with Gasteiger partial charge in [-0.05, 0) is 29.8 Å². The first-order valence-corrected chi connectivity index (χ1v) is 5.10. The van der Waals surface area contributed by atoms with E-state index in [2.05, 4.69) is 4.98 Å². The lowest BCUT2D eigenvalue weighted by Crippen LogP contribution is -2.02. The van der Waals surface area contributed by atoms with Crippen LogP contribution in [0.25, 0.3) is 0 Å². The topological polar surface area (TPSA) is 33.1 Å². The molecule has 0 saturated heterocycles. The monoisotopic (exact) mass is 237 g/mol. The van der Waals surface area contributed by atoms with Crippen LogP contribution >= 0.6 is 11.6 Å². The quantitative estimate of drug-likeness (QED) is 0.871. The Morgan fingerprint density at radius 2 is 2.06 bits per heavy atom. The Hall–Kier alpha value is -1.45. The Morgan fingerprint density at radius 1 is 1.25 bits per heavy atom. The van der Waals surface area contributed by atoms with Gasteiger partial charge in [-0.1, -0.05) is 23.7 Å². The van der Waals surface area contributed by atoms with Crippen LogP contribution in [0.3, 0.4) is 0 Å². The lowest BCUT2D eigenvalue weighted by atomic mass is 10.1. The smallest absolute Gasteiger partial charge is 0.142 e. The van der Waals surface area contributed by atoms with E-state index < -0.39 is 11.9 Å². The van der Waals surface area contributed by atoms with Crippen LogP contribution in [-0.4, -0.2) is 10.1 Å². The lowest BCUT2D eigenvalue weighted by Gasteiger charge is -2.10. The van der Waals surface area contributed by atoms with Crippen molar-refractivity contribution in [2.75, 3.05) is 0 Å². The zero-order valence-electron chi connectivity index (χ0n) is 8.27. The molecule has 2 rings (SSSR count). The minimum absolute atomic E-state index is 0.0389. The van der Waals surface area contributed by atoms with Crippen molar-refractivity contribution in [2.45, 2.75) is 6.10 Å². The first-order valence-electron chi connectivity index (χ1n) is 4.72. The molecule has 0 aliphatic carbocycles. The number of benzene rings is 1. The second-order valence-corrected chi connectivity index (χ2v) is 3.74. The second-order valence-electron chi connectivity index (χ2n) is 3.33. The molecule has 1 aromatic carbocycles. The van der Waals surface area contributed by atoms with Gasteiger partial charge in [0.15, 0.2) is 0 Å². The van der Waals surface area contributed by atoms with Crippen molar-refractivity contribution < 1.29 is 9.50 Å². The molecule has 0 bridgehead atoms. The molecule has 0 spiro atoms. The average molecular weight is 238 g/mol. The summed E-state index contributed by atoms with van der Waals surface area (Å²) in [5.41, 5.74) is 0.907. The molecular formula is C12H9ClFNO. The standard InChI is InChI=1S/C12H9ClFNO/c13-9-5-4-8(7-10(9)14)12(16)11-3-1-2-6-15-11/h1-7,12,16H. The third-order valence-corrected chi connectivity index (χ3v) is 2.53. The highest BCUT2D eigenvalue weighted by molar-refractivity contribution is 6.30. The molecule has 0 aliphatic rings. The summed E-state index contributed by atoms with van der Waals surface area (Å²) in [6.45, 7) is 0. The first kappa shape index (κ1) is 11.0. The molecule has 0 fully saturated rings. The summed E-state index contributed by atoms with van der Waals surface area (Å²) in [5, 5.41) is 9.97. The molecule has 0 aliphatic heterocycles. The Kier molecular flexibility index (Phi) is 3.17. The van der Waals surface area contributed by atoms with E-state index in [1.165, 1.54) is 12.1 Å². The maximum atomic E-state index is 13.2. The van der Waals surface area contributed by atoms with Gasteiger partial charge in [0, 0.05) is 6.20 Å². The minimum Gasteiger partial charge on any atom is -0.382 e. The van der Waals surface area contributed by atoms with E-state index in [4.69, 9.17) is 11.6 Å². The highest BCUT2D eigenvalue weighted by Gasteiger charge is 2.12. The van der Waals surface area contributed by atoms with Crippen molar-refractivity contribution in [3.05, 3.63) is 64.7 Å². The van der Waals surface area contributed by atoms with E-state index in [9.17, 15) is 9.50 Å². The van der Waals surface area contributed by atoms with Gasteiger partial charge >= 0.3 is 0 Å². The molecule has 0 saturated carbocycles. The number of halogens is 2. The fourth-order valence-electron chi connectivity index (χ4n) is 1.39. The van der Waals surface area contributed by atoms with Gasteiger partial charge in [-0.15, -0.1) is 0 Å². The van der Waals surface area contributed by atoms with E-state index in [1.54, 1.807) is 30.5 Å². The zero-order chi connectivity index (χ0) is 11.5. The summed E-state index contributed by atoms with van der Waals surface area (Å²) < 4.78 is 13.2. The molecule has 1 aromatic heterocycles. The normalized spacial score (nSPS) is 12.4. The summed E-state index contributed by atoms with van der Waals surface area (Å²) in [4.78, 5) is 4.00. The number of aliphatic hydroxyl groups excluding tert-OH is 1. The van der Waals surface area contributed by atoms with Crippen molar-refractivity contribution >= 4 is 11.6 Å². The second kappa shape index (κ2) is 4.60. The van der Waals surface area contributed by atoms with Crippen LogP contribution in [0.15, 0.2) is 42.6 Å². The largest absolute Gasteiger partial charge is 0.382 e. The van der Waals surface area contributed by atoms with Crippen molar-refractivity contribution in [1.82, 2.24) is 4.98 Å². The van der Waals surface area contributed by atoms with Crippen molar-refractivity contribution in [3.8, 4) is 0 Å². The van der Waals surface area contributed by atoms with Crippen molar-refractivity contribution in [3.63, 3.8) is 0 Å². The molecule has 2 nitrogen and oxygen atoms in total. The molecule has 16 heavy (non-hydrogen) atoms. The fourth-order valence-corrected chi connectivity index (χ4v) is 1.51. The summed E-state index contributed by atoms with van der Waals surface area (Å²) >= 11 is 5.56. The lowest BCUT2D eigenvalue weighted by molar-refractivity contribution is 0.215. The van der Waals surface area contributed by atoms with E-state index in [-0.39, 0.29) is 5.02 Å². The Morgan fingerprint density at radius 3 is 2.69 bits per heavy atom. The number of aromatic nitrogens is 1. The summed E-state index contributed by atoms with van der Waals surface area (Å²) in [5.74, 6) is -0.547. The maximum Gasteiger partial charge on any atom is 0.142 e. The molecule has 1 heterocycles. The van der Waals surface area contributed by atoms with E-state index in [0.717, 1.165) is 0 Å². The van der Waals surface area contributed by atoms with Crippen molar-refractivity contribution in [2.24, 2.45) is 0 Å². The Labute approximate surface area is 97.3 Å². The molecule has 82 valence electrons. The molecule has 4 heteroatoms. The van der Waals surface area contributed by atoms with Gasteiger partial charge in [0.25, 0.3) is 0 Å². The summed E-state index contributed by atoms with van der Waals surface area (Å²) in [6.07, 6.45) is 0.637. The van der Waals surface area contributed by atoms with Crippen LogP contribution in [0.4, 0.5) is 4.39 Å². The van der Waals surface area contributed by atoms with Crippen molar-refractivity contribution in [1.29, 1.82) is 0 Å². The molecule has 2 aromatic rings. The van der Waals surface area contributed by atoms with Gasteiger partial charge in [0.05, 0.1) is 10.7 Å². The number of nitrogens with zero attached hydrogens (tertiary/aromatic N) is 1. The molecule has 1 atom stereocenters. The van der Waals surface area contributed by atoms with Gasteiger partial charge in [0.1, 0.15) is 11.9 Å². The number of pyridine rings is 1. The number of aliphatic hydroxyl groups is 1. The minimum atomic E-state index is -0.937. The van der Waals surface area contributed by atoms with Crippen LogP contribution in [-0.2, 0) is 0 Å². The van der Waals surface area contributed by atoms with E-state index in [1.807, 2.05) is 0 Å². The van der Waals surface area contributed by atoms with Crippen LogP contribution in [0.5, 0.6) is 0 Å². The maximum absolute atomic E-state index is 13.2. The first-order chi connectivity index (χ1) is 7.68. The summed E-state index contributed by atoms with van der Waals surface area (Å²) in [7, 11) is 0. The Balaban J connectivity index is 2.34. The Bertz CT molecular complexity index is 490. The predicted molar refractivity (Wildman–Crippen MR) is 59.7 cm³/mol. The van der Waals surface area contributed by atoms with E-state index >= 15 is 0 Å². The SMILES string of the molecule is OC(c1ccc(Cl)c(F)c1)c1ccccn1. The summed E-state index contributed by atoms with van der Waals surface area (Å²) in [6, 6.07) is 9.39. The van der Waals surface area contributed by atoms with Crippen LogP contribution in [0.1, 0.15) is 17.4 Å². The van der Waals surface area contributed by atoms with Gasteiger partial charge in [-0.25, -0.2) is 4.39 Å². The zero-order valence-corrected chi connectivity index (χ0v) is 9.03. The highest BCUT2D eigenvalue weighted by atomic mass is 35.5. The third-order valence-electron chi connectivity index (χ3n) is 2.23. The molecule has 1 N–H and O–H groups in total.